The summed E-state index contributed by atoms with van der Waals surface area (Å²) < 4.78 is 41.3. The van der Waals surface area contributed by atoms with Crippen LogP contribution in [-0.4, -0.2) is 36.0 Å². The van der Waals surface area contributed by atoms with E-state index >= 15 is 0 Å². The first kappa shape index (κ1) is 15.5. The van der Waals surface area contributed by atoms with Crippen molar-refractivity contribution in [2.24, 2.45) is 5.10 Å². The lowest BCUT2D eigenvalue weighted by Crippen LogP contribution is -2.35. The molecule has 1 aromatic carbocycles. The lowest BCUT2D eigenvalue weighted by Gasteiger charge is -2.08. The molecule has 108 valence electrons. The van der Waals surface area contributed by atoms with Crippen LogP contribution in [0.25, 0.3) is 0 Å². The highest BCUT2D eigenvalue weighted by atomic mass is 19.4. The number of hydrogen-bond acceptors (Lipinski definition) is 5. The maximum absolute atomic E-state index is 12.5. The quantitative estimate of drug-likeness (QED) is 0.497. The minimum Gasteiger partial charge on any atom is -0.508 e. The SMILES string of the molecule is COC(=O)/C(=N\NC(=O)c1cccc(O)c1)C(F)(F)F. The molecule has 0 aliphatic rings. The number of carbonyl (C=O) groups excluding carboxylic acids is 2. The summed E-state index contributed by atoms with van der Waals surface area (Å²) in [6.07, 6.45) is -5.07. The number of hydrazone groups is 1. The normalized spacial score (nSPS) is 11.9. The largest absolute Gasteiger partial charge is 0.508 e. The van der Waals surface area contributed by atoms with Crippen LogP contribution in [0.2, 0.25) is 0 Å². The third-order valence-electron chi connectivity index (χ3n) is 2.02. The van der Waals surface area contributed by atoms with Gasteiger partial charge in [0.15, 0.2) is 0 Å². The van der Waals surface area contributed by atoms with Crippen molar-refractivity contribution in [2.45, 2.75) is 6.18 Å². The Hall–Kier alpha value is -2.58. The van der Waals surface area contributed by atoms with Gasteiger partial charge >= 0.3 is 12.1 Å². The van der Waals surface area contributed by atoms with Crippen molar-refractivity contribution >= 4 is 17.6 Å². The molecule has 0 aliphatic heterocycles. The van der Waals surface area contributed by atoms with Gasteiger partial charge in [-0.15, -0.1) is 0 Å². The van der Waals surface area contributed by atoms with E-state index in [4.69, 9.17) is 5.11 Å². The molecule has 0 aliphatic carbocycles. The number of methoxy groups -OCH3 is 1. The number of rotatable bonds is 3. The molecule has 2 N–H and O–H groups in total. The summed E-state index contributed by atoms with van der Waals surface area (Å²) in [5.41, 5.74) is -0.455. The van der Waals surface area contributed by atoms with Crippen LogP contribution < -0.4 is 5.43 Å². The van der Waals surface area contributed by atoms with E-state index in [9.17, 15) is 22.8 Å². The number of hydrogen-bond donors (Lipinski definition) is 2. The number of phenolic OH excluding ortho intramolecular Hbond substituents is 1. The van der Waals surface area contributed by atoms with Gasteiger partial charge in [0.1, 0.15) is 5.75 Å². The van der Waals surface area contributed by atoms with Crippen LogP contribution >= 0.6 is 0 Å². The van der Waals surface area contributed by atoms with Crippen molar-refractivity contribution in [1.29, 1.82) is 0 Å². The summed E-state index contributed by atoms with van der Waals surface area (Å²) in [7, 11) is 0.751. The van der Waals surface area contributed by atoms with E-state index in [1.54, 1.807) is 5.43 Å². The topological polar surface area (TPSA) is 88.0 Å². The molecule has 20 heavy (non-hydrogen) atoms. The minimum atomic E-state index is -5.07. The monoisotopic (exact) mass is 290 g/mol. The number of alkyl halides is 3. The zero-order valence-electron chi connectivity index (χ0n) is 10.1. The van der Waals surface area contributed by atoms with Gasteiger partial charge < -0.3 is 9.84 Å². The highest BCUT2D eigenvalue weighted by Crippen LogP contribution is 2.18. The Morgan fingerprint density at radius 2 is 2.00 bits per heavy atom. The molecule has 0 unspecified atom stereocenters. The summed E-state index contributed by atoms with van der Waals surface area (Å²) in [6.45, 7) is 0. The van der Waals surface area contributed by atoms with Crippen LogP contribution in [0.4, 0.5) is 13.2 Å². The molecule has 0 aromatic heterocycles. The van der Waals surface area contributed by atoms with E-state index in [2.05, 4.69) is 9.84 Å². The van der Waals surface area contributed by atoms with E-state index in [-0.39, 0.29) is 11.3 Å². The Kier molecular flexibility index (Phi) is 4.68. The second-order valence-electron chi connectivity index (χ2n) is 3.44. The zero-order valence-corrected chi connectivity index (χ0v) is 10.1. The molecule has 6 nitrogen and oxygen atoms in total. The zero-order chi connectivity index (χ0) is 15.3. The van der Waals surface area contributed by atoms with Gasteiger partial charge in [-0.3, -0.25) is 4.79 Å². The van der Waals surface area contributed by atoms with E-state index in [0.717, 1.165) is 13.2 Å². The summed E-state index contributed by atoms with van der Waals surface area (Å²) in [5, 5.41) is 11.8. The Balaban J connectivity index is 2.93. The number of nitrogens with zero attached hydrogens (tertiary/aromatic N) is 1. The molecule has 0 saturated heterocycles. The fourth-order valence-corrected chi connectivity index (χ4v) is 1.14. The van der Waals surface area contributed by atoms with Crippen LogP contribution in [0.5, 0.6) is 5.75 Å². The van der Waals surface area contributed by atoms with Crippen molar-refractivity contribution < 1.29 is 32.6 Å². The Labute approximate surface area is 110 Å². The number of carbonyl (C=O) groups is 2. The number of esters is 1. The molecule has 1 amide bonds. The molecular formula is C11H9F3N2O4. The van der Waals surface area contributed by atoms with Crippen molar-refractivity contribution in [3.05, 3.63) is 29.8 Å². The van der Waals surface area contributed by atoms with Gasteiger partial charge in [0.05, 0.1) is 7.11 Å². The summed E-state index contributed by atoms with van der Waals surface area (Å²) >= 11 is 0. The smallest absolute Gasteiger partial charge is 0.442 e. The van der Waals surface area contributed by atoms with Gasteiger partial charge in [0.2, 0.25) is 5.71 Å². The molecule has 1 rings (SSSR count). The lowest BCUT2D eigenvalue weighted by molar-refractivity contribution is -0.137. The third-order valence-corrected chi connectivity index (χ3v) is 2.02. The highest BCUT2D eigenvalue weighted by Gasteiger charge is 2.42. The van der Waals surface area contributed by atoms with E-state index in [0.29, 0.717) is 0 Å². The van der Waals surface area contributed by atoms with Crippen LogP contribution in [-0.2, 0) is 9.53 Å². The molecule has 0 fully saturated rings. The minimum absolute atomic E-state index is 0.125. The second-order valence-corrected chi connectivity index (χ2v) is 3.44. The summed E-state index contributed by atoms with van der Waals surface area (Å²) in [4.78, 5) is 22.4. The molecule has 1 aromatic rings. The third kappa shape index (κ3) is 3.97. The van der Waals surface area contributed by atoms with Crippen molar-refractivity contribution in [3.8, 4) is 5.75 Å². The molecular weight excluding hydrogens is 281 g/mol. The number of benzene rings is 1. The molecule has 0 heterocycles. The summed E-state index contributed by atoms with van der Waals surface area (Å²) in [5.74, 6) is -2.99. The number of ether oxygens (including phenoxy) is 1. The van der Waals surface area contributed by atoms with Crippen LogP contribution in [0, 0.1) is 0 Å². The van der Waals surface area contributed by atoms with Gasteiger partial charge in [-0.2, -0.15) is 18.3 Å². The Bertz CT molecular complexity index is 555. The predicted molar refractivity (Wildman–Crippen MR) is 61.1 cm³/mol. The lowest BCUT2D eigenvalue weighted by atomic mass is 10.2. The molecule has 0 spiro atoms. The first-order valence-electron chi connectivity index (χ1n) is 5.08. The van der Waals surface area contributed by atoms with Crippen LogP contribution in [0.1, 0.15) is 10.4 Å². The van der Waals surface area contributed by atoms with Gasteiger partial charge in [-0.1, -0.05) is 6.07 Å². The fourth-order valence-electron chi connectivity index (χ4n) is 1.14. The predicted octanol–water partition coefficient (Wildman–Crippen LogP) is 1.21. The molecule has 9 heteroatoms. The van der Waals surface area contributed by atoms with E-state index in [1.165, 1.54) is 18.2 Å². The van der Waals surface area contributed by atoms with Crippen molar-refractivity contribution in [3.63, 3.8) is 0 Å². The number of nitrogens with one attached hydrogen (secondary N) is 1. The van der Waals surface area contributed by atoms with Gasteiger partial charge in [0, 0.05) is 5.56 Å². The average Bonchev–Trinajstić information content (AvgIpc) is 2.36. The van der Waals surface area contributed by atoms with Crippen molar-refractivity contribution in [1.82, 2.24) is 5.43 Å². The second kappa shape index (κ2) is 6.04. The summed E-state index contributed by atoms with van der Waals surface area (Å²) in [6, 6.07) is 4.86. The Morgan fingerprint density at radius 1 is 1.35 bits per heavy atom. The molecule has 0 saturated carbocycles. The maximum Gasteiger partial charge on any atom is 0.442 e. The number of phenols is 1. The van der Waals surface area contributed by atoms with E-state index < -0.39 is 23.8 Å². The molecule has 0 radical (unpaired) electrons. The van der Waals surface area contributed by atoms with Crippen LogP contribution in [0.15, 0.2) is 29.4 Å². The van der Waals surface area contributed by atoms with Crippen molar-refractivity contribution in [2.75, 3.05) is 7.11 Å². The average molecular weight is 290 g/mol. The van der Waals surface area contributed by atoms with E-state index in [1.807, 2.05) is 0 Å². The van der Waals surface area contributed by atoms with Gasteiger partial charge in [-0.25, -0.2) is 10.2 Å². The van der Waals surface area contributed by atoms with Gasteiger partial charge in [-0.05, 0) is 18.2 Å². The fraction of sp³-hybridized carbons (Fsp3) is 0.182. The van der Waals surface area contributed by atoms with Crippen LogP contribution in [0.3, 0.4) is 0 Å². The number of aromatic hydroxyl groups is 1. The molecule has 0 atom stereocenters. The number of halogens is 3. The standard InChI is InChI=1S/C11H9F3N2O4/c1-20-10(19)8(11(12,13)14)15-16-9(18)6-3-2-4-7(17)5-6/h2-5,17H,1H3,(H,16,18)/b15-8+. The first-order chi connectivity index (χ1) is 9.25. The highest BCUT2D eigenvalue weighted by molar-refractivity contribution is 6.38. The Morgan fingerprint density at radius 3 is 2.50 bits per heavy atom. The number of amides is 1. The molecule has 0 bridgehead atoms. The first-order valence-corrected chi connectivity index (χ1v) is 5.08. The van der Waals surface area contributed by atoms with Gasteiger partial charge in [0.25, 0.3) is 5.91 Å². The maximum atomic E-state index is 12.5.